The van der Waals surface area contributed by atoms with Crippen LogP contribution in [0.1, 0.15) is 34.1 Å². The van der Waals surface area contributed by atoms with Gasteiger partial charge in [-0.2, -0.15) is 0 Å². The molecule has 0 aromatic rings. The van der Waals surface area contributed by atoms with Crippen LogP contribution in [0.3, 0.4) is 0 Å². The highest BCUT2D eigenvalue weighted by Crippen LogP contribution is 2.17. The second kappa shape index (κ2) is 7.04. The zero-order chi connectivity index (χ0) is 15.3. The molecular formula is C14H27N3O3. The van der Waals surface area contributed by atoms with Gasteiger partial charge >= 0.3 is 5.97 Å². The van der Waals surface area contributed by atoms with Gasteiger partial charge in [0, 0.05) is 26.2 Å². The predicted octanol–water partition coefficient (Wildman–Crippen LogP) is 0.286. The van der Waals surface area contributed by atoms with Crippen LogP contribution in [0.25, 0.3) is 0 Å². The lowest BCUT2D eigenvalue weighted by molar-refractivity contribution is -0.145. The van der Waals surface area contributed by atoms with E-state index in [1.807, 2.05) is 27.7 Å². The van der Waals surface area contributed by atoms with Crippen molar-refractivity contribution in [1.82, 2.24) is 15.5 Å². The van der Waals surface area contributed by atoms with E-state index in [1.165, 1.54) is 0 Å². The number of piperazine rings is 1. The molecule has 20 heavy (non-hydrogen) atoms. The number of carboxylic acids is 1. The van der Waals surface area contributed by atoms with Gasteiger partial charge in [-0.3, -0.25) is 9.69 Å². The summed E-state index contributed by atoms with van der Waals surface area (Å²) in [5.41, 5.74) is -0.691. The van der Waals surface area contributed by atoms with E-state index in [2.05, 4.69) is 15.5 Å². The maximum Gasteiger partial charge on any atom is 0.326 e. The third kappa shape index (κ3) is 3.93. The summed E-state index contributed by atoms with van der Waals surface area (Å²) >= 11 is 0. The number of carboxylic acid groups (broad SMARTS) is 1. The fourth-order valence-corrected chi connectivity index (χ4v) is 2.37. The molecule has 0 bridgehead atoms. The van der Waals surface area contributed by atoms with Crippen molar-refractivity contribution < 1.29 is 14.7 Å². The Balaban J connectivity index is 2.73. The average molecular weight is 285 g/mol. The van der Waals surface area contributed by atoms with E-state index >= 15 is 0 Å². The molecule has 6 heteroatoms. The maximum atomic E-state index is 12.5. The number of aliphatic carboxylic acids is 1. The largest absolute Gasteiger partial charge is 0.480 e. The van der Waals surface area contributed by atoms with Crippen LogP contribution in [-0.2, 0) is 9.59 Å². The monoisotopic (exact) mass is 285 g/mol. The number of nitrogens with one attached hydrogen (secondary N) is 2. The van der Waals surface area contributed by atoms with Crippen LogP contribution in [0.4, 0.5) is 0 Å². The molecule has 0 aromatic heterocycles. The molecule has 1 saturated heterocycles. The van der Waals surface area contributed by atoms with E-state index in [-0.39, 0.29) is 11.8 Å². The molecule has 1 heterocycles. The van der Waals surface area contributed by atoms with Crippen molar-refractivity contribution in [2.24, 2.45) is 5.92 Å². The van der Waals surface area contributed by atoms with E-state index in [0.717, 1.165) is 26.2 Å². The standard InChI is InChI=1S/C14H27N3O3/c1-5-10(2)11(12(18)19)16-13(20)14(3,4)17-8-6-15-7-9-17/h10-11,15H,5-9H2,1-4H3,(H,16,20)(H,18,19). The Morgan fingerprint density at radius 1 is 1.35 bits per heavy atom. The smallest absolute Gasteiger partial charge is 0.326 e. The lowest BCUT2D eigenvalue weighted by Crippen LogP contribution is -2.62. The van der Waals surface area contributed by atoms with E-state index in [9.17, 15) is 14.7 Å². The molecule has 1 fully saturated rings. The molecule has 1 aliphatic heterocycles. The quantitative estimate of drug-likeness (QED) is 0.653. The van der Waals surface area contributed by atoms with Crippen LogP contribution < -0.4 is 10.6 Å². The SMILES string of the molecule is CCC(C)C(NC(=O)C(C)(C)N1CCNCC1)C(=O)O. The normalized spacial score (nSPS) is 20.2. The summed E-state index contributed by atoms with van der Waals surface area (Å²) in [5, 5.41) is 15.2. The molecule has 6 nitrogen and oxygen atoms in total. The zero-order valence-electron chi connectivity index (χ0n) is 12.9. The number of nitrogens with zero attached hydrogens (tertiary/aromatic N) is 1. The Morgan fingerprint density at radius 2 is 1.90 bits per heavy atom. The number of hydrogen-bond donors (Lipinski definition) is 3. The van der Waals surface area contributed by atoms with Gasteiger partial charge in [0.1, 0.15) is 6.04 Å². The topological polar surface area (TPSA) is 81.7 Å². The highest BCUT2D eigenvalue weighted by Gasteiger charge is 2.38. The Labute approximate surface area is 120 Å². The van der Waals surface area contributed by atoms with Crippen molar-refractivity contribution in [3.63, 3.8) is 0 Å². The summed E-state index contributed by atoms with van der Waals surface area (Å²) in [5.74, 6) is -1.27. The minimum absolute atomic E-state index is 0.0877. The van der Waals surface area contributed by atoms with Crippen LogP contribution in [-0.4, -0.2) is 59.6 Å². The molecule has 1 rings (SSSR count). The van der Waals surface area contributed by atoms with Gasteiger partial charge in [-0.1, -0.05) is 20.3 Å². The number of amides is 1. The zero-order valence-corrected chi connectivity index (χ0v) is 12.9. The number of carbonyl (C=O) groups excluding carboxylic acids is 1. The lowest BCUT2D eigenvalue weighted by Gasteiger charge is -2.40. The van der Waals surface area contributed by atoms with Gasteiger partial charge < -0.3 is 15.7 Å². The molecule has 3 N–H and O–H groups in total. The molecule has 0 aliphatic carbocycles. The Morgan fingerprint density at radius 3 is 2.35 bits per heavy atom. The van der Waals surface area contributed by atoms with Crippen LogP contribution in [0, 0.1) is 5.92 Å². The third-order valence-corrected chi connectivity index (χ3v) is 4.23. The fourth-order valence-electron chi connectivity index (χ4n) is 2.37. The summed E-state index contributed by atoms with van der Waals surface area (Å²) in [7, 11) is 0. The first-order valence-corrected chi connectivity index (χ1v) is 7.30. The molecule has 1 aliphatic rings. The Hall–Kier alpha value is -1.14. The molecule has 0 radical (unpaired) electrons. The lowest BCUT2D eigenvalue weighted by atomic mass is 9.95. The third-order valence-electron chi connectivity index (χ3n) is 4.23. The van der Waals surface area contributed by atoms with Crippen molar-refractivity contribution in [2.75, 3.05) is 26.2 Å². The average Bonchev–Trinajstić information content (AvgIpc) is 2.44. The van der Waals surface area contributed by atoms with Crippen LogP contribution in [0.5, 0.6) is 0 Å². The fraction of sp³-hybridized carbons (Fsp3) is 0.857. The van der Waals surface area contributed by atoms with Crippen molar-refractivity contribution >= 4 is 11.9 Å². The molecule has 2 unspecified atom stereocenters. The summed E-state index contributed by atoms with van der Waals surface area (Å²) in [6.45, 7) is 10.8. The van der Waals surface area contributed by atoms with E-state index in [1.54, 1.807) is 0 Å². The summed E-state index contributed by atoms with van der Waals surface area (Å²) in [6, 6.07) is -0.824. The van der Waals surface area contributed by atoms with Gasteiger partial charge in [0.15, 0.2) is 0 Å². The highest BCUT2D eigenvalue weighted by molar-refractivity contribution is 5.89. The number of rotatable bonds is 6. The highest BCUT2D eigenvalue weighted by atomic mass is 16.4. The van der Waals surface area contributed by atoms with Gasteiger partial charge in [0.2, 0.25) is 5.91 Å². The second-order valence-electron chi connectivity index (χ2n) is 5.97. The van der Waals surface area contributed by atoms with Crippen molar-refractivity contribution in [1.29, 1.82) is 0 Å². The summed E-state index contributed by atoms with van der Waals surface area (Å²) in [4.78, 5) is 25.9. The first-order chi connectivity index (χ1) is 9.30. The predicted molar refractivity (Wildman–Crippen MR) is 77.5 cm³/mol. The first-order valence-electron chi connectivity index (χ1n) is 7.30. The second-order valence-corrected chi connectivity index (χ2v) is 5.97. The van der Waals surface area contributed by atoms with Gasteiger partial charge in [0.05, 0.1) is 5.54 Å². The van der Waals surface area contributed by atoms with Crippen LogP contribution in [0.2, 0.25) is 0 Å². The van der Waals surface area contributed by atoms with Gasteiger partial charge in [-0.25, -0.2) is 4.79 Å². The van der Waals surface area contributed by atoms with E-state index in [4.69, 9.17) is 0 Å². The van der Waals surface area contributed by atoms with Gasteiger partial charge in [-0.15, -0.1) is 0 Å². The molecule has 0 spiro atoms. The summed E-state index contributed by atoms with van der Waals surface area (Å²) < 4.78 is 0. The Bertz CT molecular complexity index is 352. The van der Waals surface area contributed by atoms with Crippen molar-refractivity contribution in [3.05, 3.63) is 0 Å². The molecule has 2 atom stereocenters. The molecule has 116 valence electrons. The number of carbonyl (C=O) groups is 2. The van der Waals surface area contributed by atoms with E-state index < -0.39 is 17.6 Å². The van der Waals surface area contributed by atoms with Crippen molar-refractivity contribution in [3.8, 4) is 0 Å². The van der Waals surface area contributed by atoms with Crippen LogP contribution in [0.15, 0.2) is 0 Å². The van der Waals surface area contributed by atoms with Gasteiger partial charge in [-0.05, 0) is 19.8 Å². The van der Waals surface area contributed by atoms with E-state index in [0.29, 0.717) is 6.42 Å². The minimum Gasteiger partial charge on any atom is -0.480 e. The molecule has 0 aromatic carbocycles. The molecule has 0 saturated carbocycles. The number of hydrogen-bond acceptors (Lipinski definition) is 4. The Kier molecular flexibility index (Phi) is 5.95. The molecular weight excluding hydrogens is 258 g/mol. The molecule has 1 amide bonds. The summed E-state index contributed by atoms with van der Waals surface area (Å²) in [6.07, 6.45) is 0.714. The minimum atomic E-state index is -0.969. The van der Waals surface area contributed by atoms with Crippen LogP contribution >= 0.6 is 0 Å². The first kappa shape index (κ1) is 16.9. The van der Waals surface area contributed by atoms with Gasteiger partial charge in [0.25, 0.3) is 0 Å². The maximum absolute atomic E-state index is 12.5. The van der Waals surface area contributed by atoms with Crippen molar-refractivity contribution in [2.45, 2.75) is 45.7 Å².